The van der Waals surface area contributed by atoms with Gasteiger partial charge in [-0.2, -0.15) is 18.2 Å². The largest absolute Gasteiger partial charge is 0.491 e. The minimum Gasteiger partial charge on any atom is -0.491 e. The van der Waals surface area contributed by atoms with Gasteiger partial charge in [0.1, 0.15) is 22.9 Å². The van der Waals surface area contributed by atoms with Crippen molar-refractivity contribution in [1.82, 2.24) is 9.97 Å². The van der Waals surface area contributed by atoms with Gasteiger partial charge in [0.15, 0.2) is 0 Å². The van der Waals surface area contributed by atoms with E-state index in [2.05, 4.69) is 20.6 Å². The van der Waals surface area contributed by atoms with Gasteiger partial charge >= 0.3 is 6.18 Å². The number of nitrogens with one attached hydrogen (secondary N) is 2. The monoisotopic (exact) mass is 472 g/mol. The second kappa shape index (κ2) is 10.2. The maximum absolute atomic E-state index is 13.6. The maximum Gasteiger partial charge on any atom is 0.421 e. The predicted molar refractivity (Wildman–Crippen MR) is 125 cm³/mol. The number of anilines is 4. The van der Waals surface area contributed by atoms with Gasteiger partial charge in [0.25, 0.3) is 0 Å². The minimum atomic E-state index is -4.62. The average Bonchev–Trinajstić information content (AvgIpc) is 3.27. The Hall–Kier alpha value is -3.49. The molecule has 9 heteroatoms. The molecule has 0 unspecified atom stereocenters. The highest BCUT2D eigenvalue weighted by atomic mass is 19.4. The lowest BCUT2D eigenvalue weighted by Gasteiger charge is -2.17. The molecule has 4 rings (SSSR count). The van der Waals surface area contributed by atoms with Crippen LogP contribution >= 0.6 is 0 Å². The molecule has 1 fully saturated rings. The number of hydrogen-bond acceptors (Lipinski definition) is 6. The van der Waals surface area contributed by atoms with Gasteiger partial charge in [-0.3, -0.25) is 0 Å². The fraction of sp³-hybridized carbons (Fsp3) is 0.360. The molecular formula is C25H27F3N4O2. The number of benzene rings is 2. The van der Waals surface area contributed by atoms with Gasteiger partial charge in [-0.15, -0.1) is 0 Å². The highest BCUT2D eigenvalue weighted by molar-refractivity contribution is 5.64. The fourth-order valence-corrected chi connectivity index (χ4v) is 3.75. The van der Waals surface area contributed by atoms with Crippen LogP contribution in [0.15, 0.2) is 54.7 Å². The van der Waals surface area contributed by atoms with Crippen molar-refractivity contribution in [2.75, 3.05) is 10.6 Å². The summed E-state index contributed by atoms with van der Waals surface area (Å²) in [4.78, 5) is 7.97. The number of aromatic nitrogens is 2. The number of ether oxygens (including phenoxy) is 2. The van der Waals surface area contributed by atoms with E-state index in [-0.39, 0.29) is 24.0 Å². The zero-order chi connectivity index (χ0) is 24.1. The van der Waals surface area contributed by atoms with Gasteiger partial charge in [0.2, 0.25) is 5.95 Å². The van der Waals surface area contributed by atoms with Crippen LogP contribution < -0.4 is 20.1 Å². The summed E-state index contributed by atoms with van der Waals surface area (Å²) in [5, 5.41) is 5.73. The van der Waals surface area contributed by atoms with Gasteiger partial charge in [-0.1, -0.05) is 6.07 Å². The molecule has 0 spiro atoms. The van der Waals surface area contributed by atoms with E-state index >= 15 is 0 Å². The van der Waals surface area contributed by atoms with Crippen LogP contribution in [0, 0.1) is 0 Å². The third kappa shape index (κ3) is 6.30. The third-order valence-corrected chi connectivity index (χ3v) is 5.28. The highest BCUT2D eigenvalue weighted by Crippen LogP contribution is 2.36. The Labute approximate surface area is 196 Å². The Kier molecular flexibility index (Phi) is 7.09. The molecule has 0 aliphatic heterocycles. The summed E-state index contributed by atoms with van der Waals surface area (Å²) in [5.41, 5.74) is 0.107. The van der Waals surface area contributed by atoms with Crippen LogP contribution in [0.5, 0.6) is 11.5 Å². The Bertz CT molecular complexity index is 1100. The van der Waals surface area contributed by atoms with Crippen molar-refractivity contribution in [2.24, 2.45) is 0 Å². The Morgan fingerprint density at radius 2 is 1.68 bits per heavy atom. The van der Waals surface area contributed by atoms with E-state index < -0.39 is 11.7 Å². The molecule has 180 valence electrons. The molecule has 1 heterocycles. The first-order valence-electron chi connectivity index (χ1n) is 11.3. The van der Waals surface area contributed by atoms with E-state index in [0.717, 1.165) is 31.9 Å². The van der Waals surface area contributed by atoms with Crippen LogP contribution in [-0.2, 0) is 6.18 Å². The molecule has 34 heavy (non-hydrogen) atoms. The van der Waals surface area contributed by atoms with Crippen LogP contribution in [0.4, 0.5) is 36.3 Å². The van der Waals surface area contributed by atoms with Crippen LogP contribution in [0.25, 0.3) is 0 Å². The zero-order valence-electron chi connectivity index (χ0n) is 19.0. The Morgan fingerprint density at radius 3 is 2.35 bits per heavy atom. The lowest BCUT2D eigenvalue weighted by Crippen LogP contribution is -2.13. The highest BCUT2D eigenvalue weighted by Gasteiger charge is 2.35. The van der Waals surface area contributed by atoms with Crippen LogP contribution in [0.2, 0.25) is 0 Å². The summed E-state index contributed by atoms with van der Waals surface area (Å²) in [7, 11) is 0. The van der Waals surface area contributed by atoms with Gasteiger partial charge in [0.05, 0.1) is 12.2 Å². The summed E-state index contributed by atoms with van der Waals surface area (Å²) in [6.45, 7) is 3.85. The summed E-state index contributed by atoms with van der Waals surface area (Å²) < 4.78 is 52.5. The molecule has 1 aliphatic rings. The Balaban J connectivity index is 1.54. The van der Waals surface area contributed by atoms with E-state index in [1.54, 1.807) is 48.5 Å². The first kappa shape index (κ1) is 23.7. The molecule has 0 radical (unpaired) electrons. The minimum absolute atomic E-state index is 0.0337. The summed E-state index contributed by atoms with van der Waals surface area (Å²) >= 11 is 0. The van der Waals surface area contributed by atoms with Gasteiger partial charge < -0.3 is 20.1 Å². The maximum atomic E-state index is 13.6. The molecule has 2 aromatic carbocycles. The molecule has 1 aromatic heterocycles. The van der Waals surface area contributed by atoms with Crippen LogP contribution in [0.1, 0.15) is 45.1 Å². The number of alkyl halides is 3. The van der Waals surface area contributed by atoms with Gasteiger partial charge in [0, 0.05) is 23.6 Å². The quantitative estimate of drug-likeness (QED) is 0.365. The number of nitrogens with zero attached hydrogens (tertiary/aromatic N) is 2. The van der Waals surface area contributed by atoms with Crippen molar-refractivity contribution in [3.8, 4) is 11.5 Å². The third-order valence-electron chi connectivity index (χ3n) is 5.28. The predicted octanol–water partition coefficient (Wildman–Crippen LogP) is 7.09. The molecule has 0 saturated heterocycles. The normalized spacial score (nSPS) is 14.3. The summed E-state index contributed by atoms with van der Waals surface area (Å²) in [5.74, 6) is 0.992. The van der Waals surface area contributed by atoms with Crippen LogP contribution in [0.3, 0.4) is 0 Å². The molecular weight excluding hydrogens is 445 g/mol. The van der Waals surface area contributed by atoms with Gasteiger partial charge in [-0.25, -0.2) is 4.98 Å². The van der Waals surface area contributed by atoms with Crippen molar-refractivity contribution < 1.29 is 22.6 Å². The first-order chi connectivity index (χ1) is 16.3. The van der Waals surface area contributed by atoms with Gasteiger partial charge in [-0.05, 0) is 75.9 Å². The van der Waals surface area contributed by atoms with E-state index in [0.29, 0.717) is 22.9 Å². The summed E-state index contributed by atoms with van der Waals surface area (Å²) in [6.07, 6.45) is 0.564. The van der Waals surface area contributed by atoms with E-state index in [4.69, 9.17) is 9.47 Å². The molecule has 0 amide bonds. The zero-order valence-corrected chi connectivity index (χ0v) is 19.0. The molecule has 3 aromatic rings. The van der Waals surface area contributed by atoms with Crippen molar-refractivity contribution in [3.63, 3.8) is 0 Å². The molecule has 1 aliphatic carbocycles. The average molecular weight is 473 g/mol. The smallest absolute Gasteiger partial charge is 0.421 e. The van der Waals surface area contributed by atoms with Crippen molar-refractivity contribution in [3.05, 3.63) is 60.3 Å². The van der Waals surface area contributed by atoms with Crippen molar-refractivity contribution in [1.29, 1.82) is 0 Å². The van der Waals surface area contributed by atoms with Crippen LogP contribution in [-0.4, -0.2) is 22.2 Å². The number of halogens is 3. The lowest BCUT2D eigenvalue weighted by molar-refractivity contribution is -0.137. The molecule has 6 nitrogen and oxygen atoms in total. The lowest BCUT2D eigenvalue weighted by atomic mass is 10.2. The standard InChI is InChI=1S/C25H27F3N4O2/c1-16(2)33-20-12-10-17(11-13-20)31-24-29-15-22(25(26,27)28)23(32-24)30-18-6-5-9-21(14-18)34-19-7-3-4-8-19/h5-6,9-16,19H,3-4,7-8H2,1-2H3,(H2,29,30,31,32). The van der Waals surface area contributed by atoms with Crippen molar-refractivity contribution >= 4 is 23.1 Å². The Morgan fingerprint density at radius 1 is 0.941 bits per heavy atom. The fourth-order valence-electron chi connectivity index (χ4n) is 3.75. The molecule has 0 atom stereocenters. The van der Waals surface area contributed by atoms with E-state index in [1.807, 2.05) is 13.8 Å². The van der Waals surface area contributed by atoms with E-state index in [9.17, 15) is 13.2 Å². The SMILES string of the molecule is CC(C)Oc1ccc(Nc2ncc(C(F)(F)F)c(Nc3cccc(OC4CCCC4)c3)n2)cc1. The number of rotatable bonds is 8. The van der Waals surface area contributed by atoms with E-state index in [1.165, 1.54) is 0 Å². The second-order valence-corrected chi connectivity index (χ2v) is 8.45. The molecule has 2 N–H and O–H groups in total. The topological polar surface area (TPSA) is 68.3 Å². The summed E-state index contributed by atoms with van der Waals surface area (Å²) in [6, 6.07) is 13.9. The molecule has 0 bridgehead atoms. The number of hydrogen-bond donors (Lipinski definition) is 2. The first-order valence-corrected chi connectivity index (χ1v) is 11.3. The second-order valence-electron chi connectivity index (χ2n) is 8.45. The van der Waals surface area contributed by atoms with Crippen molar-refractivity contribution in [2.45, 2.75) is 57.9 Å². The molecule has 1 saturated carbocycles.